The van der Waals surface area contributed by atoms with Crippen LogP contribution < -0.4 is 0 Å². The summed E-state index contributed by atoms with van der Waals surface area (Å²) in [4.78, 5) is 25.3. The van der Waals surface area contributed by atoms with Gasteiger partial charge in [0.1, 0.15) is 13.1 Å². The molecule has 0 aromatic carbocycles. The van der Waals surface area contributed by atoms with Crippen molar-refractivity contribution in [3.05, 3.63) is 12.0 Å². The van der Waals surface area contributed by atoms with Crippen molar-refractivity contribution < 1.29 is 29.9 Å². The average Bonchev–Trinajstić information content (AvgIpc) is 2.01. The maximum atomic E-state index is 10.3. The standard InChI is InChI=1S/C7H11NO6/c1-5(14-13)2-8(3-6(9)10)4-7(11)12/h2,13H,3-4H2,1H3,(H,9,10)(H,11,12)/b5-2-. The van der Waals surface area contributed by atoms with E-state index in [0.717, 1.165) is 11.1 Å². The molecule has 0 atom stereocenters. The number of nitrogens with zero attached hydrogens (tertiary/aromatic N) is 1. The zero-order valence-corrected chi connectivity index (χ0v) is 7.51. The fraction of sp³-hybridized carbons (Fsp3) is 0.429. The molecule has 0 amide bonds. The Morgan fingerprint density at radius 2 is 1.71 bits per heavy atom. The molecule has 14 heavy (non-hydrogen) atoms. The first-order valence-corrected chi connectivity index (χ1v) is 3.63. The summed E-state index contributed by atoms with van der Waals surface area (Å²) in [6.07, 6.45) is 1.10. The number of allylic oxidation sites excluding steroid dienone is 1. The lowest BCUT2D eigenvalue weighted by Gasteiger charge is -2.15. The van der Waals surface area contributed by atoms with Crippen LogP contribution in [0.1, 0.15) is 6.92 Å². The maximum Gasteiger partial charge on any atom is 0.323 e. The molecule has 0 bridgehead atoms. The summed E-state index contributed by atoms with van der Waals surface area (Å²) in [5, 5.41) is 25.0. The molecule has 0 aromatic heterocycles. The van der Waals surface area contributed by atoms with Crippen molar-refractivity contribution in [3.63, 3.8) is 0 Å². The third kappa shape index (κ3) is 5.84. The van der Waals surface area contributed by atoms with E-state index in [2.05, 4.69) is 4.89 Å². The zero-order valence-electron chi connectivity index (χ0n) is 7.51. The number of aliphatic carboxylic acids is 2. The highest BCUT2D eigenvalue weighted by molar-refractivity contribution is 5.72. The molecule has 0 saturated heterocycles. The Bertz CT molecular complexity index is 233. The molecule has 0 fully saturated rings. The molecule has 0 saturated carbocycles. The minimum atomic E-state index is -1.17. The van der Waals surface area contributed by atoms with Gasteiger partial charge in [0.05, 0.1) is 0 Å². The minimum absolute atomic E-state index is 0.00694. The maximum absolute atomic E-state index is 10.3. The Hall–Kier alpha value is -1.76. The van der Waals surface area contributed by atoms with Gasteiger partial charge in [-0.3, -0.25) is 9.59 Å². The molecule has 0 aliphatic carbocycles. The van der Waals surface area contributed by atoms with E-state index in [-0.39, 0.29) is 5.76 Å². The second kappa shape index (κ2) is 5.81. The SMILES string of the molecule is C/C(=C/N(CC(=O)O)CC(=O)O)OO. The lowest BCUT2D eigenvalue weighted by Crippen LogP contribution is -2.30. The Morgan fingerprint density at radius 1 is 1.29 bits per heavy atom. The largest absolute Gasteiger partial charge is 0.480 e. The van der Waals surface area contributed by atoms with E-state index in [1.807, 2.05) is 0 Å². The van der Waals surface area contributed by atoms with Gasteiger partial charge in [0.15, 0.2) is 5.76 Å². The van der Waals surface area contributed by atoms with Gasteiger partial charge >= 0.3 is 11.9 Å². The summed E-state index contributed by atoms with van der Waals surface area (Å²) in [6.45, 7) is 0.400. The highest BCUT2D eigenvalue weighted by Crippen LogP contribution is 1.97. The molecule has 0 unspecified atom stereocenters. The summed E-state index contributed by atoms with van der Waals surface area (Å²) in [5.41, 5.74) is 0. The van der Waals surface area contributed by atoms with Crippen LogP contribution in [0.4, 0.5) is 0 Å². The minimum Gasteiger partial charge on any atom is -0.480 e. The number of carboxylic acids is 2. The fourth-order valence-electron chi connectivity index (χ4n) is 0.775. The van der Waals surface area contributed by atoms with Gasteiger partial charge in [-0.05, 0) is 6.92 Å². The number of hydrogen-bond donors (Lipinski definition) is 3. The lowest BCUT2D eigenvalue weighted by atomic mass is 10.4. The van der Waals surface area contributed by atoms with Gasteiger partial charge in [-0.25, -0.2) is 5.26 Å². The van der Waals surface area contributed by atoms with Crippen LogP contribution in [-0.2, 0) is 14.5 Å². The number of rotatable bonds is 6. The van der Waals surface area contributed by atoms with Crippen molar-refractivity contribution in [2.75, 3.05) is 13.1 Å². The molecule has 0 radical (unpaired) electrons. The smallest absolute Gasteiger partial charge is 0.323 e. The van der Waals surface area contributed by atoms with Gasteiger partial charge < -0.3 is 20.0 Å². The van der Waals surface area contributed by atoms with E-state index >= 15 is 0 Å². The fourth-order valence-corrected chi connectivity index (χ4v) is 0.775. The van der Waals surface area contributed by atoms with Gasteiger partial charge in [0.2, 0.25) is 0 Å². The number of hydrogen-bond acceptors (Lipinski definition) is 5. The first-order chi connectivity index (χ1) is 6.45. The first kappa shape index (κ1) is 12.2. The van der Waals surface area contributed by atoms with Gasteiger partial charge in [-0.2, -0.15) is 0 Å². The average molecular weight is 205 g/mol. The van der Waals surface area contributed by atoms with E-state index in [0.29, 0.717) is 0 Å². The Kier molecular flexibility index (Phi) is 5.08. The predicted molar refractivity (Wildman–Crippen MR) is 44.3 cm³/mol. The molecule has 7 nitrogen and oxygen atoms in total. The van der Waals surface area contributed by atoms with Crippen LogP contribution >= 0.6 is 0 Å². The van der Waals surface area contributed by atoms with Crippen LogP contribution in [0.15, 0.2) is 12.0 Å². The molecule has 0 aromatic rings. The molecule has 7 heteroatoms. The summed E-state index contributed by atoms with van der Waals surface area (Å²) in [6, 6.07) is 0. The molecule has 0 aliphatic heterocycles. The third-order valence-electron chi connectivity index (χ3n) is 1.19. The molecule has 0 rings (SSSR count). The molecule has 0 heterocycles. The second-order valence-corrected chi connectivity index (χ2v) is 2.52. The van der Waals surface area contributed by atoms with Gasteiger partial charge in [0.25, 0.3) is 0 Å². The van der Waals surface area contributed by atoms with Gasteiger partial charge in [-0.15, -0.1) is 0 Å². The Morgan fingerprint density at radius 3 is 2.00 bits per heavy atom. The zero-order chi connectivity index (χ0) is 11.1. The van der Waals surface area contributed by atoms with Gasteiger partial charge in [0, 0.05) is 6.20 Å². The highest BCUT2D eigenvalue weighted by Gasteiger charge is 2.10. The monoisotopic (exact) mass is 205 g/mol. The third-order valence-corrected chi connectivity index (χ3v) is 1.19. The summed E-state index contributed by atoms with van der Waals surface area (Å²) in [7, 11) is 0. The van der Waals surface area contributed by atoms with E-state index in [1.165, 1.54) is 6.92 Å². The van der Waals surface area contributed by atoms with Crippen molar-refractivity contribution >= 4 is 11.9 Å². The van der Waals surface area contributed by atoms with Crippen molar-refractivity contribution in [3.8, 4) is 0 Å². The molecule has 80 valence electrons. The van der Waals surface area contributed by atoms with Crippen LogP contribution in [0, 0.1) is 0 Å². The van der Waals surface area contributed by atoms with Crippen LogP contribution in [0.5, 0.6) is 0 Å². The van der Waals surface area contributed by atoms with Crippen LogP contribution in [0.3, 0.4) is 0 Å². The Labute approximate surface area is 79.7 Å². The first-order valence-electron chi connectivity index (χ1n) is 3.63. The summed E-state index contributed by atoms with van der Waals surface area (Å²) in [5.74, 6) is -2.34. The van der Waals surface area contributed by atoms with Crippen LogP contribution in [-0.4, -0.2) is 45.4 Å². The van der Waals surface area contributed by atoms with Crippen LogP contribution in [0.25, 0.3) is 0 Å². The number of carboxylic acid groups (broad SMARTS) is 2. The normalized spacial score (nSPS) is 10.9. The molecule has 0 spiro atoms. The van der Waals surface area contributed by atoms with E-state index < -0.39 is 25.0 Å². The molecule has 3 N–H and O–H groups in total. The molecule has 0 aliphatic rings. The van der Waals surface area contributed by atoms with Crippen molar-refractivity contribution in [1.29, 1.82) is 0 Å². The van der Waals surface area contributed by atoms with E-state index in [4.69, 9.17) is 15.5 Å². The van der Waals surface area contributed by atoms with Crippen molar-refractivity contribution in [1.82, 2.24) is 4.90 Å². The predicted octanol–water partition coefficient (Wildman–Crippen LogP) is -0.192. The van der Waals surface area contributed by atoms with Crippen molar-refractivity contribution in [2.24, 2.45) is 0 Å². The Balaban J connectivity index is 4.38. The van der Waals surface area contributed by atoms with Crippen molar-refractivity contribution in [2.45, 2.75) is 6.92 Å². The van der Waals surface area contributed by atoms with E-state index in [9.17, 15) is 9.59 Å². The number of carbonyl (C=O) groups is 2. The molecular formula is C7H11NO6. The van der Waals surface area contributed by atoms with E-state index in [1.54, 1.807) is 0 Å². The topological polar surface area (TPSA) is 107 Å². The van der Waals surface area contributed by atoms with Gasteiger partial charge in [-0.1, -0.05) is 0 Å². The highest BCUT2D eigenvalue weighted by atomic mass is 17.1. The lowest BCUT2D eigenvalue weighted by molar-refractivity contribution is -0.203. The quantitative estimate of drug-likeness (QED) is 0.313. The summed E-state index contributed by atoms with van der Waals surface area (Å²) >= 11 is 0. The second-order valence-electron chi connectivity index (χ2n) is 2.52. The molecular weight excluding hydrogens is 194 g/mol. The van der Waals surface area contributed by atoms with Crippen LogP contribution in [0.2, 0.25) is 0 Å². The summed E-state index contributed by atoms with van der Waals surface area (Å²) < 4.78 is 0.